The molecule has 1 fully saturated rings. The molecule has 5 heteroatoms. The first-order valence-corrected chi connectivity index (χ1v) is 10.2. The first-order chi connectivity index (χ1) is 13.7. The molecule has 1 unspecified atom stereocenters. The molecular formula is C23H27ClN2O2. The average molecular weight is 399 g/mol. The molecule has 1 aliphatic rings. The van der Waals surface area contributed by atoms with Crippen LogP contribution < -0.4 is 10.1 Å². The summed E-state index contributed by atoms with van der Waals surface area (Å²) in [6.45, 7) is 2.79. The van der Waals surface area contributed by atoms with Gasteiger partial charge in [0.2, 0.25) is 0 Å². The molecule has 3 rings (SSSR count). The zero-order chi connectivity index (χ0) is 19.7. The molecule has 2 heterocycles. The van der Waals surface area contributed by atoms with Crippen LogP contribution in [-0.2, 0) is 6.42 Å². The standard InChI is InChI=1S/C23H27ClN2O2/c24-20-7-4-6-19(14-20)15-23(11-5-12-25-17-23)18-28-22-10-9-21(26-16-22)8-2-1-3-13-27/h4,6-7,9-10,14,16,25,27H,1,3,5,11-13,15,17-18H2. The molecule has 1 aromatic heterocycles. The van der Waals surface area contributed by atoms with Gasteiger partial charge >= 0.3 is 0 Å². The fourth-order valence-corrected chi connectivity index (χ4v) is 3.74. The normalized spacial score (nSPS) is 18.9. The third-order valence-corrected chi connectivity index (χ3v) is 5.22. The summed E-state index contributed by atoms with van der Waals surface area (Å²) >= 11 is 6.17. The first-order valence-electron chi connectivity index (χ1n) is 9.83. The van der Waals surface area contributed by atoms with E-state index in [0.29, 0.717) is 19.4 Å². The van der Waals surface area contributed by atoms with E-state index < -0.39 is 0 Å². The summed E-state index contributed by atoms with van der Waals surface area (Å²) in [6, 6.07) is 11.9. The Labute approximate surface area is 172 Å². The van der Waals surface area contributed by atoms with Gasteiger partial charge in [0.05, 0.1) is 12.8 Å². The lowest BCUT2D eigenvalue weighted by Crippen LogP contribution is -2.45. The number of aliphatic hydroxyl groups excluding tert-OH is 1. The number of benzene rings is 1. The molecule has 4 nitrogen and oxygen atoms in total. The van der Waals surface area contributed by atoms with Crippen molar-refractivity contribution in [1.82, 2.24) is 10.3 Å². The predicted molar refractivity (Wildman–Crippen MR) is 113 cm³/mol. The Balaban J connectivity index is 1.62. The van der Waals surface area contributed by atoms with Crippen LogP contribution in [0.2, 0.25) is 5.02 Å². The van der Waals surface area contributed by atoms with Crippen molar-refractivity contribution >= 4 is 11.6 Å². The van der Waals surface area contributed by atoms with Gasteiger partial charge in [-0.15, -0.1) is 0 Å². The number of hydrogen-bond donors (Lipinski definition) is 2. The Morgan fingerprint density at radius 3 is 2.93 bits per heavy atom. The molecular weight excluding hydrogens is 372 g/mol. The molecule has 28 heavy (non-hydrogen) atoms. The lowest BCUT2D eigenvalue weighted by Gasteiger charge is -2.37. The SMILES string of the molecule is OCCCC#Cc1ccc(OCC2(Cc3cccc(Cl)c3)CCCNC2)cn1. The van der Waals surface area contributed by atoms with E-state index in [1.807, 2.05) is 30.3 Å². The zero-order valence-electron chi connectivity index (χ0n) is 16.1. The number of ether oxygens (including phenoxy) is 1. The fourth-order valence-electron chi connectivity index (χ4n) is 3.53. The Bertz CT molecular complexity index is 805. The van der Waals surface area contributed by atoms with Gasteiger partial charge in [-0.1, -0.05) is 29.7 Å². The zero-order valence-corrected chi connectivity index (χ0v) is 16.8. The Hall–Kier alpha value is -2.06. The number of halogens is 1. The number of pyridine rings is 1. The minimum atomic E-state index is 0.0473. The van der Waals surface area contributed by atoms with E-state index in [1.165, 1.54) is 5.56 Å². The monoisotopic (exact) mass is 398 g/mol. The van der Waals surface area contributed by atoms with Crippen LogP contribution in [0.4, 0.5) is 0 Å². The van der Waals surface area contributed by atoms with Crippen LogP contribution in [0.5, 0.6) is 5.75 Å². The average Bonchev–Trinajstić information content (AvgIpc) is 2.71. The van der Waals surface area contributed by atoms with Crippen LogP contribution in [0, 0.1) is 17.3 Å². The lowest BCUT2D eigenvalue weighted by atomic mass is 9.76. The smallest absolute Gasteiger partial charge is 0.137 e. The number of nitrogens with one attached hydrogen (secondary N) is 1. The van der Waals surface area contributed by atoms with Gasteiger partial charge in [-0.3, -0.25) is 0 Å². The summed E-state index contributed by atoms with van der Waals surface area (Å²) in [4.78, 5) is 4.36. The molecule has 148 valence electrons. The van der Waals surface area contributed by atoms with Crippen molar-refractivity contribution in [3.05, 3.63) is 58.9 Å². The maximum atomic E-state index is 8.78. The van der Waals surface area contributed by atoms with E-state index in [0.717, 1.165) is 48.8 Å². The minimum Gasteiger partial charge on any atom is -0.491 e. The van der Waals surface area contributed by atoms with Crippen LogP contribution in [0.1, 0.15) is 36.9 Å². The van der Waals surface area contributed by atoms with Crippen molar-refractivity contribution in [2.24, 2.45) is 5.41 Å². The minimum absolute atomic E-state index is 0.0473. The van der Waals surface area contributed by atoms with Crippen molar-refractivity contribution in [3.63, 3.8) is 0 Å². The molecule has 1 aromatic carbocycles. The summed E-state index contributed by atoms with van der Waals surface area (Å²) in [5, 5.41) is 13.1. The summed E-state index contributed by atoms with van der Waals surface area (Å²) in [7, 11) is 0. The van der Waals surface area contributed by atoms with Crippen molar-refractivity contribution < 1.29 is 9.84 Å². The summed E-state index contributed by atoms with van der Waals surface area (Å²) in [5.74, 6) is 6.78. The quantitative estimate of drug-likeness (QED) is 0.549. The molecule has 0 amide bonds. The van der Waals surface area contributed by atoms with Gasteiger partial charge in [0.15, 0.2) is 0 Å². The fraction of sp³-hybridized carbons (Fsp3) is 0.435. The predicted octanol–water partition coefficient (Wildman–Crippen LogP) is 3.85. The second kappa shape index (κ2) is 10.5. The number of aliphatic hydroxyl groups is 1. The topological polar surface area (TPSA) is 54.4 Å². The largest absolute Gasteiger partial charge is 0.491 e. The summed E-state index contributed by atoms with van der Waals surface area (Å²) < 4.78 is 6.13. The molecule has 0 bridgehead atoms. The molecule has 1 saturated heterocycles. The Morgan fingerprint density at radius 1 is 1.29 bits per heavy atom. The second-order valence-corrected chi connectivity index (χ2v) is 7.82. The second-order valence-electron chi connectivity index (χ2n) is 7.38. The molecule has 1 atom stereocenters. The van der Waals surface area contributed by atoms with Crippen molar-refractivity contribution in [2.45, 2.75) is 32.1 Å². The van der Waals surface area contributed by atoms with Gasteiger partial charge in [-0.05, 0) is 68.0 Å². The van der Waals surface area contributed by atoms with E-state index in [9.17, 15) is 0 Å². The van der Waals surface area contributed by atoms with Crippen LogP contribution >= 0.6 is 11.6 Å². The van der Waals surface area contributed by atoms with E-state index in [-0.39, 0.29) is 12.0 Å². The van der Waals surface area contributed by atoms with Crippen LogP contribution in [0.3, 0.4) is 0 Å². The highest BCUT2D eigenvalue weighted by atomic mass is 35.5. The Morgan fingerprint density at radius 2 is 2.21 bits per heavy atom. The Kier molecular flexibility index (Phi) is 7.73. The lowest BCUT2D eigenvalue weighted by molar-refractivity contribution is 0.110. The number of piperidine rings is 1. The van der Waals surface area contributed by atoms with E-state index in [2.05, 4.69) is 28.2 Å². The van der Waals surface area contributed by atoms with Crippen LogP contribution in [0.25, 0.3) is 0 Å². The van der Waals surface area contributed by atoms with E-state index in [4.69, 9.17) is 21.4 Å². The van der Waals surface area contributed by atoms with Gasteiger partial charge in [0.1, 0.15) is 11.4 Å². The van der Waals surface area contributed by atoms with Gasteiger partial charge in [0.25, 0.3) is 0 Å². The van der Waals surface area contributed by atoms with Crippen LogP contribution in [0.15, 0.2) is 42.6 Å². The van der Waals surface area contributed by atoms with Crippen LogP contribution in [-0.4, -0.2) is 36.4 Å². The highest BCUT2D eigenvalue weighted by Crippen LogP contribution is 2.32. The highest BCUT2D eigenvalue weighted by molar-refractivity contribution is 6.30. The molecule has 1 aliphatic heterocycles. The molecule has 0 radical (unpaired) electrons. The number of rotatable bonds is 7. The summed E-state index contributed by atoms with van der Waals surface area (Å²) in [6.07, 6.45) is 6.30. The molecule has 2 N–H and O–H groups in total. The van der Waals surface area contributed by atoms with Crippen molar-refractivity contribution in [3.8, 4) is 17.6 Å². The van der Waals surface area contributed by atoms with E-state index in [1.54, 1.807) is 6.20 Å². The number of unbranched alkanes of at least 4 members (excludes halogenated alkanes) is 1. The maximum absolute atomic E-state index is 8.78. The van der Waals surface area contributed by atoms with Gasteiger partial charge in [-0.2, -0.15) is 0 Å². The highest BCUT2D eigenvalue weighted by Gasteiger charge is 2.33. The number of hydrogen-bond acceptors (Lipinski definition) is 4. The van der Waals surface area contributed by atoms with Gasteiger partial charge < -0.3 is 15.2 Å². The third-order valence-electron chi connectivity index (χ3n) is 4.99. The van der Waals surface area contributed by atoms with Gasteiger partial charge in [0, 0.05) is 30.0 Å². The first kappa shape index (κ1) is 20.7. The molecule has 0 aliphatic carbocycles. The summed E-state index contributed by atoms with van der Waals surface area (Å²) in [5.41, 5.74) is 2.01. The number of nitrogens with zero attached hydrogens (tertiary/aromatic N) is 1. The van der Waals surface area contributed by atoms with Crippen molar-refractivity contribution in [1.29, 1.82) is 0 Å². The van der Waals surface area contributed by atoms with E-state index >= 15 is 0 Å². The maximum Gasteiger partial charge on any atom is 0.137 e. The molecule has 0 saturated carbocycles. The molecule has 2 aromatic rings. The number of aromatic nitrogens is 1. The third kappa shape index (κ3) is 6.24. The van der Waals surface area contributed by atoms with Crippen molar-refractivity contribution in [2.75, 3.05) is 26.3 Å². The van der Waals surface area contributed by atoms with Gasteiger partial charge in [-0.25, -0.2) is 4.98 Å². The molecule has 0 spiro atoms.